The second-order valence-electron chi connectivity index (χ2n) is 4.45. The summed E-state index contributed by atoms with van der Waals surface area (Å²) in [6, 6.07) is 12.4. The molecule has 6 heteroatoms. The van der Waals surface area contributed by atoms with E-state index < -0.39 is 0 Å². The van der Waals surface area contributed by atoms with Crippen molar-refractivity contribution in [2.45, 2.75) is 12.8 Å². The summed E-state index contributed by atoms with van der Waals surface area (Å²) >= 11 is 12.1. The highest BCUT2D eigenvalue weighted by atomic mass is 79.9. The van der Waals surface area contributed by atoms with Gasteiger partial charge in [-0.25, -0.2) is 4.98 Å². The van der Waals surface area contributed by atoms with Gasteiger partial charge >= 0.3 is 0 Å². The number of hydrogen-bond donors (Lipinski definition) is 2. The Morgan fingerprint density at radius 1 is 1.19 bits per heavy atom. The zero-order valence-corrected chi connectivity index (χ0v) is 15.3. The maximum atomic E-state index is 5.26. The molecule has 0 radical (unpaired) electrons. The van der Waals surface area contributed by atoms with E-state index in [1.165, 1.54) is 5.56 Å². The number of halogens is 2. The van der Waals surface area contributed by atoms with E-state index in [4.69, 9.17) is 12.2 Å². The van der Waals surface area contributed by atoms with Gasteiger partial charge in [0.15, 0.2) is 5.11 Å². The molecular formula is C15H15Br2N3S. The van der Waals surface area contributed by atoms with E-state index in [2.05, 4.69) is 71.7 Å². The Morgan fingerprint density at radius 2 is 1.95 bits per heavy atom. The number of hydrogen-bond acceptors (Lipinski definition) is 2. The third-order valence-electron chi connectivity index (χ3n) is 2.81. The quantitative estimate of drug-likeness (QED) is 0.542. The highest BCUT2D eigenvalue weighted by Crippen LogP contribution is 2.23. The van der Waals surface area contributed by atoms with Crippen LogP contribution in [-0.2, 0) is 6.42 Å². The van der Waals surface area contributed by atoms with Crippen LogP contribution in [0, 0.1) is 0 Å². The second kappa shape index (κ2) is 8.46. The van der Waals surface area contributed by atoms with E-state index in [-0.39, 0.29) is 0 Å². The topological polar surface area (TPSA) is 37.0 Å². The molecule has 0 aliphatic heterocycles. The second-order valence-corrected chi connectivity index (χ2v) is 6.63. The van der Waals surface area contributed by atoms with Gasteiger partial charge in [0, 0.05) is 17.2 Å². The van der Waals surface area contributed by atoms with Gasteiger partial charge in [-0.15, -0.1) is 0 Å². The molecule has 0 spiro atoms. The number of aromatic nitrogens is 1. The summed E-state index contributed by atoms with van der Waals surface area (Å²) in [4.78, 5) is 4.26. The molecule has 21 heavy (non-hydrogen) atoms. The lowest BCUT2D eigenvalue weighted by molar-refractivity contribution is 0.777. The van der Waals surface area contributed by atoms with Crippen LogP contribution < -0.4 is 10.6 Å². The van der Waals surface area contributed by atoms with Crippen LogP contribution in [0.2, 0.25) is 0 Å². The molecule has 0 aliphatic carbocycles. The summed E-state index contributed by atoms with van der Waals surface area (Å²) < 4.78 is 1.78. The van der Waals surface area contributed by atoms with Gasteiger partial charge < -0.3 is 10.6 Å². The number of nitrogens with one attached hydrogen (secondary N) is 2. The average molecular weight is 429 g/mol. The van der Waals surface area contributed by atoms with Crippen LogP contribution in [0.25, 0.3) is 0 Å². The minimum Gasteiger partial charge on any atom is -0.362 e. The smallest absolute Gasteiger partial charge is 0.171 e. The van der Waals surface area contributed by atoms with Crippen molar-refractivity contribution in [1.82, 2.24) is 10.3 Å². The fourth-order valence-electron chi connectivity index (χ4n) is 1.80. The van der Waals surface area contributed by atoms with Crippen molar-refractivity contribution >= 4 is 55.0 Å². The van der Waals surface area contributed by atoms with Crippen molar-refractivity contribution in [3.8, 4) is 0 Å². The number of nitrogens with zero attached hydrogens (tertiary/aromatic N) is 1. The van der Waals surface area contributed by atoms with E-state index in [0.29, 0.717) is 10.9 Å². The number of anilines is 1. The van der Waals surface area contributed by atoms with Crippen molar-refractivity contribution in [3.63, 3.8) is 0 Å². The zero-order valence-electron chi connectivity index (χ0n) is 11.3. The lowest BCUT2D eigenvalue weighted by Gasteiger charge is -2.11. The monoisotopic (exact) mass is 427 g/mol. The van der Waals surface area contributed by atoms with Gasteiger partial charge in [0.05, 0.1) is 4.47 Å². The fourth-order valence-corrected chi connectivity index (χ4v) is 3.08. The summed E-state index contributed by atoms with van der Waals surface area (Å²) in [6.07, 6.45) is 3.79. The molecule has 1 heterocycles. The molecule has 0 amide bonds. The summed E-state index contributed by atoms with van der Waals surface area (Å²) in [6.45, 7) is 0.828. The van der Waals surface area contributed by atoms with Gasteiger partial charge in [-0.1, -0.05) is 30.3 Å². The molecule has 0 fully saturated rings. The number of benzene rings is 1. The van der Waals surface area contributed by atoms with Gasteiger partial charge in [0.1, 0.15) is 5.82 Å². The van der Waals surface area contributed by atoms with Crippen molar-refractivity contribution in [1.29, 1.82) is 0 Å². The highest BCUT2D eigenvalue weighted by Gasteiger charge is 2.04. The predicted octanol–water partition coefficient (Wildman–Crippen LogP) is 4.53. The summed E-state index contributed by atoms with van der Waals surface area (Å²) in [7, 11) is 0. The van der Waals surface area contributed by atoms with E-state index in [1.54, 1.807) is 6.20 Å². The van der Waals surface area contributed by atoms with Crippen molar-refractivity contribution in [3.05, 3.63) is 57.1 Å². The van der Waals surface area contributed by atoms with E-state index in [0.717, 1.165) is 28.3 Å². The molecule has 110 valence electrons. The maximum Gasteiger partial charge on any atom is 0.171 e. The van der Waals surface area contributed by atoms with Crippen LogP contribution in [0.5, 0.6) is 0 Å². The molecule has 1 aromatic carbocycles. The summed E-state index contributed by atoms with van der Waals surface area (Å²) in [5.41, 5.74) is 1.34. The molecule has 3 nitrogen and oxygen atoms in total. The average Bonchev–Trinajstić information content (AvgIpc) is 2.48. The number of rotatable bonds is 5. The third kappa shape index (κ3) is 5.73. The van der Waals surface area contributed by atoms with Crippen LogP contribution in [0.4, 0.5) is 5.82 Å². The lowest BCUT2D eigenvalue weighted by atomic mass is 10.1. The van der Waals surface area contributed by atoms with Gasteiger partial charge in [-0.3, -0.25) is 0 Å². The zero-order chi connectivity index (χ0) is 15.1. The molecule has 0 unspecified atom stereocenters. The van der Waals surface area contributed by atoms with Crippen LogP contribution in [0.3, 0.4) is 0 Å². The van der Waals surface area contributed by atoms with Gasteiger partial charge in [0.25, 0.3) is 0 Å². The summed E-state index contributed by atoms with van der Waals surface area (Å²) in [5, 5.41) is 6.85. The molecule has 0 aliphatic rings. The molecule has 0 saturated carbocycles. The van der Waals surface area contributed by atoms with Crippen LogP contribution in [0.1, 0.15) is 12.0 Å². The van der Waals surface area contributed by atoms with Crippen LogP contribution in [0.15, 0.2) is 51.5 Å². The first-order valence-electron chi connectivity index (χ1n) is 6.55. The first kappa shape index (κ1) is 16.4. The van der Waals surface area contributed by atoms with Crippen LogP contribution in [-0.4, -0.2) is 16.6 Å². The Balaban J connectivity index is 1.72. The van der Waals surface area contributed by atoms with Gasteiger partial charge in [-0.2, -0.15) is 0 Å². The predicted molar refractivity (Wildman–Crippen MR) is 98.6 cm³/mol. The SMILES string of the molecule is S=C(NCCCc1ccccc1)Nc1ncc(Br)cc1Br. The summed E-state index contributed by atoms with van der Waals surface area (Å²) in [5.74, 6) is 0.707. The Labute approximate surface area is 146 Å². The van der Waals surface area contributed by atoms with E-state index >= 15 is 0 Å². The Bertz CT molecular complexity index is 605. The first-order valence-corrected chi connectivity index (χ1v) is 8.54. The molecular weight excluding hydrogens is 414 g/mol. The van der Waals surface area contributed by atoms with Crippen molar-refractivity contribution in [2.75, 3.05) is 11.9 Å². The molecule has 0 bridgehead atoms. The number of pyridine rings is 1. The first-order chi connectivity index (χ1) is 10.1. The van der Waals surface area contributed by atoms with Gasteiger partial charge in [-0.05, 0) is 68.5 Å². The fraction of sp³-hybridized carbons (Fsp3) is 0.200. The number of aryl methyl sites for hydroxylation is 1. The molecule has 2 N–H and O–H groups in total. The Kier molecular flexibility index (Phi) is 6.60. The van der Waals surface area contributed by atoms with Crippen molar-refractivity contribution < 1.29 is 0 Å². The van der Waals surface area contributed by atoms with Crippen molar-refractivity contribution in [2.24, 2.45) is 0 Å². The Hall–Kier alpha value is -0.980. The highest BCUT2D eigenvalue weighted by molar-refractivity contribution is 9.11. The number of thiocarbonyl (C=S) groups is 1. The standard InChI is InChI=1S/C15H15Br2N3S/c16-12-9-13(17)14(19-10-12)20-15(21)18-8-4-7-11-5-2-1-3-6-11/h1-3,5-6,9-10H,4,7-8H2,(H2,18,19,20,21). The molecule has 0 atom stereocenters. The van der Waals surface area contributed by atoms with Crippen LogP contribution >= 0.6 is 44.1 Å². The lowest BCUT2D eigenvalue weighted by Crippen LogP contribution is -2.30. The normalized spacial score (nSPS) is 10.2. The van der Waals surface area contributed by atoms with E-state index in [9.17, 15) is 0 Å². The Morgan fingerprint density at radius 3 is 2.67 bits per heavy atom. The largest absolute Gasteiger partial charge is 0.362 e. The minimum atomic E-state index is 0.582. The maximum absolute atomic E-state index is 5.26. The van der Waals surface area contributed by atoms with Gasteiger partial charge in [0.2, 0.25) is 0 Å². The molecule has 2 aromatic rings. The third-order valence-corrected chi connectivity index (χ3v) is 4.09. The minimum absolute atomic E-state index is 0.582. The molecule has 0 saturated heterocycles. The molecule has 2 rings (SSSR count). The van der Waals surface area contributed by atoms with E-state index in [1.807, 2.05) is 12.1 Å². The molecule has 1 aromatic heterocycles.